The van der Waals surface area contributed by atoms with E-state index in [2.05, 4.69) is 24.5 Å². The normalized spacial score (nSPS) is 11.9. The number of ether oxygens (including phenoxy) is 2. The highest BCUT2D eigenvalue weighted by Crippen LogP contribution is 2.28. The number of hydrogen-bond donors (Lipinski definition) is 2. The van der Waals surface area contributed by atoms with E-state index in [9.17, 15) is 9.59 Å². The van der Waals surface area contributed by atoms with Crippen LogP contribution in [0.25, 0.3) is 0 Å². The van der Waals surface area contributed by atoms with Crippen molar-refractivity contribution in [2.24, 2.45) is 0 Å². The molecule has 134 valence electrons. The van der Waals surface area contributed by atoms with Gasteiger partial charge in [0, 0.05) is 13.7 Å². The first-order chi connectivity index (χ1) is 11.3. The van der Waals surface area contributed by atoms with Crippen LogP contribution < -0.4 is 15.4 Å². The minimum atomic E-state index is -0.684. The molecule has 0 aliphatic rings. The third kappa shape index (κ3) is 6.58. The van der Waals surface area contributed by atoms with Crippen molar-refractivity contribution in [3.63, 3.8) is 0 Å². The predicted octanol–water partition coefficient (Wildman–Crippen LogP) is 1.76. The predicted molar refractivity (Wildman–Crippen MR) is 93.3 cm³/mol. The lowest BCUT2D eigenvalue weighted by Gasteiger charge is -2.19. The van der Waals surface area contributed by atoms with Crippen molar-refractivity contribution in [2.75, 3.05) is 26.8 Å². The van der Waals surface area contributed by atoms with Crippen molar-refractivity contribution in [3.05, 3.63) is 29.3 Å². The van der Waals surface area contributed by atoms with Crippen molar-refractivity contribution in [3.8, 4) is 5.75 Å². The van der Waals surface area contributed by atoms with Crippen LogP contribution in [-0.2, 0) is 14.3 Å². The lowest BCUT2D eigenvalue weighted by atomic mass is 10.0. The number of methoxy groups -OCH3 is 1. The molecule has 0 saturated carbocycles. The third-order valence-electron chi connectivity index (χ3n) is 3.52. The Morgan fingerprint density at radius 1 is 1.17 bits per heavy atom. The Bertz CT molecular complexity index is 558. The number of aryl methyl sites for hydroxylation is 1. The Hall–Kier alpha value is -2.08. The van der Waals surface area contributed by atoms with Gasteiger partial charge in [-0.25, -0.2) is 0 Å². The molecule has 2 N–H and O–H groups in total. The second kappa shape index (κ2) is 9.93. The van der Waals surface area contributed by atoms with Gasteiger partial charge in [-0.3, -0.25) is 9.59 Å². The van der Waals surface area contributed by atoms with Gasteiger partial charge in [-0.15, -0.1) is 0 Å². The Morgan fingerprint density at radius 2 is 1.88 bits per heavy atom. The molecule has 2 amide bonds. The highest BCUT2D eigenvalue weighted by molar-refractivity contribution is 5.86. The molecule has 6 nitrogen and oxygen atoms in total. The maximum absolute atomic E-state index is 12.1. The van der Waals surface area contributed by atoms with E-state index >= 15 is 0 Å². The van der Waals surface area contributed by atoms with E-state index in [1.54, 1.807) is 14.0 Å². The van der Waals surface area contributed by atoms with E-state index in [1.807, 2.05) is 25.1 Å². The van der Waals surface area contributed by atoms with Gasteiger partial charge in [0.05, 0.1) is 13.2 Å². The number of nitrogens with one attached hydrogen (secondary N) is 2. The van der Waals surface area contributed by atoms with E-state index < -0.39 is 6.10 Å². The molecule has 1 unspecified atom stereocenters. The Morgan fingerprint density at radius 3 is 2.50 bits per heavy atom. The number of rotatable bonds is 9. The molecule has 1 rings (SSSR count). The van der Waals surface area contributed by atoms with Crippen LogP contribution in [0.4, 0.5) is 0 Å². The summed E-state index contributed by atoms with van der Waals surface area (Å²) in [5.74, 6) is 0.416. The molecule has 0 spiro atoms. The van der Waals surface area contributed by atoms with Crippen molar-refractivity contribution in [2.45, 2.75) is 39.7 Å². The summed E-state index contributed by atoms with van der Waals surface area (Å²) >= 11 is 0. The smallest absolute Gasteiger partial charge is 0.261 e. The molecule has 1 aromatic rings. The van der Waals surface area contributed by atoms with Crippen molar-refractivity contribution in [1.29, 1.82) is 0 Å². The molecule has 0 aromatic heterocycles. The van der Waals surface area contributed by atoms with Crippen LogP contribution in [-0.4, -0.2) is 44.7 Å². The van der Waals surface area contributed by atoms with E-state index in [1.165, 1.54) is 0 Å². The van der Waals surface area contributed by atoms with Gasteiger partial charge in [-0.1, -0.05) is 26.0 Å². The molecule has 0 saturated heterocycles. The molecule has 6 heteroatoms. The van der Waals surface area contributed by atoms with Crippen molar-refractivity contribution in [1.82, 2.24) is 10.6 Å². The molecule has 0 radical (unpaired) electrons. The second-order valence-electron chi connectivity index (χ2n) is 6.02. The number of benzene rings is 1. The van der Waals surface area contributed by atoms with Gasteiger partial charge in [0.1, 0.15) is 5.75 Å². The zero-order chi connectivity index (χ0) is 18.1. The number of carbonyl (C=O) groups excluding carboxylic acids is 2. The summed E-state index contributed by atoms with van der Waals surface area (Å²) < 4.78 is 10.7. The first-order valence-corrected chi connectivity index (χ1v) is 8.15. The first-order valence-electron chi connectivity index (χ1n) is 8.15. The topological polar surface area (TPSA) is 76.7 Å². The van der Waals surface area contributed by atoms with Crippen molar-refractivity contribution >= 4 is 11.8 Å². The number of carbonyl (C=O) groups is 2. The molecule has 1 aromatic carbocycles. The molecular weight excluding hydrogens is 308 g/mol. The fraction of sp³-hybridized carbons (Fsp3) is 0.556. The molecule has 24 heavy (non-hydrogen) atoms. The largest absolute Gasteiger partial charge is 0.481 e. The van der Waals surface area contributed by atoms with Crippen LogP contribution in [0, 0.1) is 6.92 Å². The van der Waals surface area contributed by atoms with Gasteiger partial charge in [-0.2, -0.15) is 0 Å². The minimum absolute atomic E-state index is 0.0822. The van der Waals surface area contributed by atoms with Gasteiger partial charge in [0.25, 0.3) is 5.91 Å². The SMILES string of the molecule is COCCNC(=O)CNC(=O)C(C)Oc1cc(C)ccc1C(C)C. The average molecular weight is 336 g/mol. The van der Waals surface area contributed by atoms with Gasteiger partial charge >= 0.3 is 0 Å². The Balaban J connectivity index is 2.55. The summed E-state index contributed by atoms with van der Waals surface area (Å²) in [6, 6.07) is 5.97. The van der Waals surface area contributed by atoms with E-state index in [4.69, 9.17) is 9.47 Å². The standard InChI is InChI=1S/C18H28N2O4/c1-12(2)15-7-6-13(3)10-16(15)24-14(4)18(22)20-11-17(21)19-8-9-23-5/h6-7,10,12,14H,8-9,11H2,1-5H3,(H,19,21)(H,20,22). The molecule has 0 aliphatic heterocycles. The first kappa shape index (κ1) is 20.0. The highest BCUT2D eigenvalue weighted by Gasteiger charge is 2.18. The van der Waals surface area contributed by atoms with Crippen molar-refractivity contribution < 1.29 is 19.1 Å². The summed E-state index contributed by atoms with van der Waals surface area (Å²) in [5.41, 5.74) is 2.12. The molecule has 0 heterocycles. The quantitative estimate of drug-likeness (QED) is 0.674. The van der Waals surface area contributed by atoms with Crippen LogP contribution >= 0.6 is 0 Å². The zero-order valence-electron chi connectivity index (χ0n) is 15.1. The number of amides is 2. The van der Waals surface area contributed by atoms with Crippen LogP contribution in [0.3, 0.4) is 0 Å². The summed E-state index contributed by atoms with van der Waals surface area (Å²) in [4.78, 5) is 23.7. The molecule has 0 fully saturated rings. The summed E-state index contributed by atoms with van der Waals surface area (Å²) in [7, 11) is 1.56. The highest BCUT2D eigenvalue weighted by atomic mass is 16.5. The molecular formula is C18H28N2O4. The zero-order valence-corrected chi connectivity index (χ0v) is 15.1. The van der Waals surface area contributed by atoms with Gasteiger partial charge in [-0.05, 0) is 37.0 Å². The molecule has 1 atom stereocenters. The van der Waals surface area contributed by atoms with E-state index in [-0.39, 0.29) is 18.4 Å². The van der Waals surface area contributed by atoms with Crippen LogP contribution in [0.1, 0.15) is 37.8 Å². The lowest BCUT2D eigenvalue weighted by Crippen LogP contribution is -2.43. The van der Waals surface area contributed by atoms with E-state index in [0.29, 0.717) is 24.8 Å². The maximum Gasteiger partial charge on any atom is 0.261 e. The monoisotopic (exact) mass is 336 g/mol. The van der Waals surface area contributed by atoms with Crippen LogP contribution in [0.15, 0.2) is 18.2 Å². The summed E-state index contributed by atoms with van der Waals surface area (Å²) in [6.07, 6.45) is -0.684. The van der Waals surface area contributed by atoms with Crippen LogP contribution in [0.5, 0.6) is 5.75 Å². The average Bonchev–Trinajstić information content (AvgIpc) is 2.52. The molecule has 0 bridgehead atoms. The van der Waals surface area contributed by atoms with Gasteiger partial charge in [0.15, 0.2) is 6.10 Å². The fourth-order valence-electron chi connectivity index (χ4n) is 2.13. The molecule has 0 aliphatic carbocycles. The minimum Gasteiger partial charge on any atom is -0.481 e. The summed E-state index contributed by atoms with van der Waals surface area (Å²) in [6.45, 7) is 8.57. The maximum atomic E-state index is 12.1. The fourth-order valence-corrected chi connectivity index (χ4v) is 2.13. The van der Waals surface area contributed by atoms with Gasteiger partial charge < -0.3 is 20.1 Å². The van der Waals surface area contributed by atoms with Gasteiger partial charge in [0.2, 0.25) is 5.91 Å². The summed E-state index contributed by atoms with van der Waals surface area (Å²) in [5, 5.41) is 5.22. The van der Waals surface area contributed by atoms with E-state index in [0.717, 1.165) is 11.1 Å². The third-order valence-corrected chi connectivity index (χ3v) is 3.52. The second-order valence-corrected chi connectivity index (χ2v) is 6.02. The lowest BCUT2D eigenvalue weighted by molar-refractivity contribution is -0.130. The Kier molecular flexibility index (Phi) is 8.26. The number of hydrogen-bond acceptors (Lipinski definition) is 4. The van der Waals surface area contributed by atoms with Crippen LogP contribution in [0.2, 0.25) is 0 Å². The Labute approximate surface area is 143 Å².